The summed E-state index contributed by atoms with van der Waals surface area (Å²) in [6.45, 7) is 6.98. The normalized spacial score (nSPS) is 14.3. The minimum Gasteiger partial charge on any atom is -0.483 e. The van der Waals surface area contributed by atoms with E-state index in [0.29, 0.717) is 25.4 Å². The Kier molecular flexibility index (Phi) is 6.10. The Morgan fingerprint density at radius 2 is 1.93 bits per heavy atom. The van der Waals surface area contributed by atoms with Crippen LogP contribution >= 0.6 is 0 Å². The van der Waals surface area contributed by atoms with Crippen molar-refractivity contribution in [3.8, 4) is 5.75 Å². The molecular weight excluding hydrogens is 379 g/mol. The average Bonchev–Trinajstić information content (AvgIpc) is 3.07. The summed E-state index contributed by atoms with van der Waals surface area (Å²) in [7, 11) is 0. The molecule has 1 aliphatic rings. The smallest absolute Gasteiger partial charge is 0.410 e. The molecule has 1 aromatic carbocycles. The summed E-state index contributed by atoms with van der Waals surface area (Å²) in [4.78, 5) is 25.7. The van der Waals surface area contributed by atoms with Gasteiger partial charge in [-0.15, -0.1) is 0 Å². The number of hydrogen-bond donors (Lipinski definition) is 1. The number of rotatable bonds is 6. The number of hydrogen-bond acceptors (Lipinski definition) is 5. The van der Waals surface area contributed by atoms with Crippen molar-refractivity contribution in [2.75, 3.05) is 19.6 Å². The highest BCUT2D eigenvalue weighted by atomic mass is 19.1. The van der Waals surface area contributed by atoms with Crippen LogP contribution in [0, 0.1) is 11.7 Å². The molecule has 7 nitrogen and oxygen atoms in total. The highest BCUT2D eigenvalue weighted by Gasteiger charge is 2.33. The minimum atomic E-state index is -0.524. The Labute approximate surface area is 168 Å². The monoisotopic (exact) mass is 404 g/mol. The Hall–Kier alpha value is -3.03. The highest BCUT2D eigenvalue weighted by Crippen LogP contribution is 2.20. The predicted molar refractivity (Wildman–Crippen MR) is 103 cm³/mol. The van der Waals surface area contributed by atoms with Gasteiger partial charge in [0.05, 0.1) is 0 Å². The van der Waals surface area contributed by atoms with Crippen molar-refractivity contribution in [1.82, 2.24) is 10.2 Å². The van der Waals surface area contributed by atoms with Crippen LogP contribution in [0.25, 0.3) is 0 Å². The number of carbonyl (C=O) groups excluding carboxylic acids is 2. The minimum absolute atomic E-state index is 0.0156. The van der Waals surface area contributed by atoms with Crippen LogP contribution < -0.4 is 10.1 Å². The molecule has 1 N–H and O–H groups in total. The number of nitrogens with zero attached hydrogens (tertiary/aromatic N) is 1. The third kappa shape index (κ3) is 5.73. The van der Waals surface area contributed by atoms with E-state index in [0.717, 1.165) is 0 Å². The number of carbonyl (C=O) groups is 2. The summed E-state index contributed by atoms with van der Waals surface area (Å²) in [5.41, 5.74) is -0.524. The molecule has 0 aliphatic carbocycles. The second kappa shape index (κ2) is 8.55. The molecule has 2 amide bonds. The fourth-order valence-corrected chi connectivity index (χ4v) is 2.79. The lowest BCUT2D eigenvalue weighted by Crippen LogP contribution is -2.54. The van der Waals surface area contributed by atoms with Crippen molar-refractivity contribution < 1.29 is 27.9 Å². The summed E-state index contributed by atoms with van der Waals surface area (Å²) in [6.07, 6.45) is -0.342. The van der Waals surface area contributed by atoms with E-state index in [1.807, 2.05) is 20.8 Å². The van der Waals surface area contributed by atoms with Gasteiger partial charge in [0.15, 0.2) is 17.3 Å². The zero-order valence-electron chi connectivity index (χ0n) is 16.7. The van der Waals surface area contributed by atoms with Crippen LogP contribution in [-0.4, -0.2) is 42.1 Å². The van der Waals surface area contributed by atoms with Crippen LogP contribution in [0.15, 0.2) is 40.8 Å². The van der Waals surface area contributed by atoms with E-state index < -0.39 is 11.4 Å². The summed E-state index contributed by atoms with van der Waals surface area (Å²) < 4.78 is 29.7. The van der Waals surface area contributed by atoms with Crippen LogP contribution in [0.3, 0.4) is 0 Å². The van der Waals surface area contributed by atoms with Gasteiger partial charge in [-0.3, -0.25) is 4.79 Å². The first-order valence-electron chi connectivity index (χ1n) is 9.43. The SMILES string of the molecule is CC(C)(C)OC(=O)N1CC(CNC(=O)c2ccc(COc3ccccc3F)o2)C1. The van der Waals surface area contributed by atoms with Gasteiger partial charge in [0.1, 0.15) is 18.0 Å². The largest absolute Gasteiger partial charge is 0.483 e. The van der Waals surface area contributed by atoms with E-state index in [1.54, 1.807) is 29.2 Å². The van der Waals surface area contributed by atoms with E-state index in [4.69, 9.17) is 13.9 Å². The lowest BCUT2D eigenvalue weighted by Gasteiger charge is -2.39. The van der Waals surface area contributed by atoms with Crippen LogP contribution in [-0.2, 0) is 11.3 Å². The maximum atomic E-state index is 13.5. The lowest BCUT2D eigenvalue weighted by atomic mass is 10.0. The molecule has 156 valence electrons. The molecule has 0 unspecified atom stereocenters. The summed E-state index contributed by atoms with van der Waals surface area (Å²) >= 11 is 0. The van der Waals surface area contributed by atoms with Crippen molar-refractivity contribution in [1.29, 1.82) is 0 Å². The first kappa shape index (κ1) is 20.7. The molecule has 3 rings (SSSR count). The van der Waals surface area contributed by atoms with Crippen molar-refractivity contribution >= 4 is 12.0 Å². The second-order valence-electron chi connectivity index (χ2n) is 7.95. The molecule has 1 fully saturated rings. The van der Waals surface area contributed by atoms with E-state index in [9.17, 15) is 14.0 Å². The average molecular weight is 404 g/mol. The molecule has 0 saturated carbocycles. The lowest BCUT2D eigenvalue weighted by molar-refractivity contribution is -0.000572. The molecular formula is C21H25FN2O5. The molecule has 0 spiro atoms. The van der Waals surface area contributed by atoms with Crippen LogP contribution in [0.1, 0.15) is 37.1 Å². The highest BCUT2D eigenvalue weighted by molar-refractivity contribution is 5.91. The van der Waals surface area contributed by atoms with E-state index in [2.05, 4.69) is 5.32 Å². The van der Waals surface area contributed by atoms with E-state index in [-0.39, 0.29) is 36.0 Å². The topological polar surface area (TPSA) is 81.0 Å². The molecule has 29 heavy (non-hydrogen) atoms. The second-order valence-corrected chi connectivity index (χ2v) is 7.95. The molecule has 8 heteroatoms. The number of amides is 2. The van der Waals surface area contributed by atoms with Gasteiger partial charge in [-0.2, -0.15) is 0 Å². The number of furan rings is 1. The Morgan fingerprint density at radius 3 is 2.62 bits per heavy atom. The maximum Gasteiger partial charge on any atom is 0.410 e. The third-order valence-corrected chi connectivity index (χ3v) is 4.25. The van der Waals surface area contributed by atoms with Crippen LogP contribution in [0.5, 0.6) is 5.75 Å². The van der Waals surface area contributed by atoms with Gasteiger partial charge in [0.2, 0.25) is 0 Å². The molecule has 2 heterocycles. The zero-order chi connectivity index (χ0) is 21.0. The Balaban J connectivity index is 1.40. The van der Waals surface area contributed by atoms with Gasteiger partial charge in [-0.25, -0.2) is 9.18 Å². The fourth-order valence-electron chi connectivity index (χ4n) is 2.79. The van der Waals surface area contributed by atoms with Crippen molar-refractivity contribution in [2.45, 2.75) is 33.0 Å². The number of likely N-dealkylation sites (tertiary alicyclic amines) is 1. The molecule has 2 aromatic rings. The molecule has 1 aliphatic heterocycles. The molecule has 0 radical (unpaired) electrons. The van der Waals surface area contributed by atoms with Crippen LogP contribution in [0.2, 0.25) is 0 Å². The van der Waals surface area contributed by atoms with Crippen molar-refractivity contribution in [2.24, 2.45) is 5.92 Å². The maximum absolute atomic E-state index is 13.5. The van der Waals surface area contributed by atoms with Gasteiger partial charge in [-0.05, 0) is 45.0 Å². The molecule has 1 saturated heterocycles. The van der Waals surface area contributed by atoms with E-state index in [1.165, 1.54) is 12.1 Å². The molecule has 0 bridgehead atoms. The fraction of sp³-hybridized carbons (Fsp3) is 0.429. The number of halogens is 1. The number of ether oxygens (including phenoxy) is 2. The number of benzene rings is 1. The quantitative estimate of drug-likeness (QED) is 0.796. The third-order valence-electron chi connectivity index (χ3n) is 4.25. The van der Waals surface area contributed by atoms with Gasteiger partial charge >= 0.3 is 6.09 Å². The first-order chi connectivity index (χ1) is 13.7. The Morgan fingerprint density at radius 1 is 1.21 bits per heavy atom. The predicted octanol–water partition coefficient (Wildman–Crippen LogP) is 3.59. The van der Waals surface area contributed by atoms with Gasteiger partial charge in [0, 0.05) is 25.6 Å². The number of nitrogens with one attached hydrogen (secondary N) is 1. The summed E-state index contributed by atoms with van der Waals surface area (Å²) in [5.74, 6) is 0.0501. The van der Waals surface area contributed by atoms with Crippen molar-refractivity contribution in [3.63, 3.8) is 0 Å². The summed E-state index contributed by atoms with van der Waals surface area (Å²) in [5, 5.41) is 2.79. The standard InChI is InChI=1S/C21H25FN2O5/c1-21(2,3)29-20(26)24-11-14(12-24)10-23-19(25)18-9-8-15(28-18)13-27-17-7-5-4-6-16(17)22/h4-9,14H,10-13H2,1-3H3,(H,23,25). The van der Waals surface area contributed by atoms with Crippen molar-refractivity contribution in [3.05, 3.63) is 53.7 Å². The van der Waals surface area contributed by atoms with E-state index >= 15 is 0 Å². The van der Waals surface area contributed by atoms with Gasteiger partial charge in [-0.1, -0.05) is 12.1 Å². The Bertz CT molecular complexity index is 868. The molecule has 1 aromatic heterocycles. The van der Waals surface area contributed by atoms with Crippen LogP contribution in [0.4, 0.5) is 9.18 Å². The van der Waals surface area contributed by atoms with Gasteiger partial charge in [0.25, 0.3) is 5.91 Å². The number of para-hydroxylation sites is 1. The zero-order valence-corrected chi connectivity index (χ0v) is 16.7. The summed E-state index contributed by atoms with van der Waals surface area (Å²) in [6, 6.07) is 9.23. The molecule has 0 atom stereocenters. The first-order valence-corrected chi connectivity index (χ1v) is 9.43. The van der Waals surface area contributed by atoms with Gasteiger partial charge < -0.3 is 24.1 Å².